The molecule has 0 aliphatic rings. The van der Waals surface area contributed by atoms with Gasteiger partial charge in [0.15, 0.2) is 4.90 Å². The van der Waals surface area contributed by atoms with E-state index in [2.05, 4.69) is 0 Å². The minimum Gasteiger partial charge on any atom is -0.611 e. The summed E-state index contributed by atoms with van der Waals surface area (Å²) in [7, 11) is 1.68. The standard InChI is InChI=1S/C21H19NO4S/c1-22-17(13-20(23)24)10-11-19(22)21(25)16-7-5-6-15(12-16)14-27(26)18-8-3-2-4-9-18/h2-12H,13-14H2,1H3,(H,23,24). The van der Waals surface area contributed by atoms with Gasteiger partial charge in [-0.2, -0.15) is 0 Å². The molecule has 0 aliphatic heterocycles. The quantitative estimate of drug-likeness (QED) is 0.503. The lowest BCUT2D eigenvalue weighted by molar-refractivity contribution is -0.136. The number of hydrogen-bond acceptors (Lipinski definition) is 3. The zero-order valence-corrected chi connectivity index (χ0v) is 15.6. The van der Waals surface area contributed by atoms with E-state index < -0.39 is 17.1 Å². The summed E-state index contributed by atoms with van der Waals surface area (Å²) in [5.41, 5.74) is 2.28. The van der Waals surface area contributed by atoms with E-state index >= 15 is 0 Å². The topological polar surface area (TPSA) is 82.4 Å². The molecule has 6 heteroatoms. The van der Waals surface area contributed by atoms with Crippen molar-refractivity contribution in [3.8, 4) is 0 Å². The van der Waals surface area contributed by atoms with Crippen molar-refractivity contribution >= 4 is 22.9 Å². The fourth-order valence-corrected chi connectivity index (χ4v) is 3.98. The van der Waals surface area contributed by atoms with E-state index in [-0.39, 0.29) is 12.2 Å². The van der Waals surface area contributed by atoms with Crippen LogP contribution >= 0.6 is 0 Å². The number of carbonyl (C=O) groups excluding carboxylic acids is 1. The lowest BCUT2D eigenvalue weighted by atomic mass is 10.1. The summed E-state index contributed by atoms with van der Waals surface area (Å²) < 4.78 is 14.1. The molecule has 1 N–H and O–H groups in total. The molecule has 0 spiro atoms. The molecule has 3 aromatic rings. The number of carboxylic acid groups (broad SMARTS) is 1. The van der Waals surface area contributed by atoms with E-state index in [1.54, 1.807) is 41.9 Å². The Morgan fingerprint density at radius 3 is 2.48 bits per heavy atom. The molecular weight excluding hydrogens is 362 g/mol. The van der Waals surface area contributed by atoms with Crippen molar-refractivity contribution in [3.63, 3.8) is 0 Å². The normalized spacial score (nSPS) is 11.9. The average Bonchev–Trinajstić information content (AvgIpc) is 3.02. The lowest BCUT2D eigenvalue weighted by Gasteiger charge is -2.11. The number of aliphatic carboxylic acids is 1. The second-order valence-electron chi connectivity index (χ2n) is 6.17. The molecule has 1 aromatic heterocycles. The first kappa shape index (κ1) is 18.9. The summed E-state index contributed by atoms with van der Waals surface area (Å²) in [5.74, 6) is -0.815. The van der Waals surface area contributed by atoms with Crippen LogP contribution in [0.15, 0.2) is 71.6 Å². The highest BCUT2D eigenvalue weighted by Gasteiger charge is 2.18. The van der Waals surface area contributed by atoms with Gasteiger partial charge in [-0.25, -0.2) is 0 Å². The number of ketones is 1. The van der Waals surface area contributed by atoms with Crippen LogP contribution in [0, 0.1) is 0 Å². The van der Waals surface area contributed by atoms with E-state index in [4.69, 9.17) is 5.11 Å². The molecule has 0 aliphatic carbocycles. The molecule has 1 unspecified atom stereocenters. The van der Waals surface area contributed by atoms with Crippen molar-refractivity contribution in [3.05, 3.63) is 89.2 Å². The number of hydrogen-bond donors (Lipinski definition) is 1. The first-order chi connectivity index (χ1) is 13.0. The van der Waals surface area contributed by atoms with Gasteiger partial charge in [-0.1, -0.05) is 36.4 Å². The van der Waals surface area contributed by atoms with Crippen LogP contribution in [0.5, 0.6) is 0 Å². The Morgan fingerprint density at radius 2 is 1.78 bits per heavy atom. The maximum Gasteiger partial charge on any atom is 0.309 e. The maximum absolute atomic E-state index is 12.8. The van der Waals surface area contributed by atoms with Crippen molar-refractivity contribution < 1.29 is 19.2 Å². The van der Waals surface area contributed by atoms with Crippen molar-refractivity contribution in [2.75, 3.05) is 0 Å². The molecule has 27 heavy (non-hydrogen) atoms. The third-order valence-corrected chi connectivity index (χ3v) is 5.68. The first-order valence-corrected chi connectivity index (χ1v) is 9.71. The van der Waals surface area contributed by atoms with Gasteiger partial charge in [-0.05, 0) is 41.5 Å². The number of aromatic nitrogens is 1. The van der Waals surface area contributed by atoms with Crippen molar-refractivity contribution in [1.29, 1.82) is 0 Å². The molecule has 0 amide bonds. The Hall–Kier alpha value is -2.83. The van der Waals surface area contributed by atoms with Crippen LogP contribution in [0.25, 0.3) is 0 Å². The van der Waals surface area contributed by atoms with Gasteiger partial charge >= 0.3 is 5.97 Å². The Kier molecular flexibility index (Phi) is 5.78. The van der Waals surface area contributed by atoms with Gasteiger partial charge in [-0.15, -0.1) is 0 Å². The average molecular weight is 381 g/mol. The van der Waals surface area contributed by atoms with Gasteiger partial charge in [0.2, 0.25) is 5.78 Å². The van der Waals surface area contributed by atoms with Crippen LogP contribution in [-0.4, -0.2) is 26.0 Å². The van der Waals surface area contributed by atoms with E-state index in [0.29, 0.717) is 22.7 Å². The molecule has 2 aromatic carbocycles. The van der Waals surface area contributed by atoms with Crippen molar-refractivity contribution in [2.24, 2.45) is 7.05 Å². The summed E-state index contributed by atoms with van der Waals surface area (Å²) >= 11 is -1.19. The predicted molar refractivity (Wildman–Crippen MR) is 103 cm³/mol. The zero-order chi connectivity index (χ0) is 19.4. The Bertz CT molecular complexity index is 965. The van der Waals surface area contributed by atoms with Gasteiger partial charge in [0.1, 0.15) is 5.75 Å². The predicted octanol–water partition coefficient (Wildman–Crippen LogP) is 3.19. The Balaban J connectivity index is 1.80. The Morgan fingerprint density at radius 1 is 1.04 bits per heavy atom. The number of rotatable bonds is 7. The van der Waals surface area contributed by atoms with Gasteiger partial charge in [-0.3, -0.25) is 9.59 Å². The summed E-state index contributed by atoms with van der Waals surface area (Å²) in [5, 5.41) is 8.94. The van der Waals surface area contributed by atoms with E-state index in [1.165, 1.54) is 0 Å². The van der Waals surface area contributed by atoms with Gasteiger partial charge in [0.25, 0.3) is 0 Å². The SMILES string of the molecule is Cn1c(CC(=O)O)ccc1C(=O)c1cccc(C[S+]([O-])c2ccccc2)c1. The van der Waals surface area contributed by atoms with Crippen LogP contribution in [0.3, 0.4) is 0 Å². The Labute approximate surface area is 160 Å². The van der Waals surface area contributed by atoms with Crippen LogP contribution in [0.2, 0.25) is 0 Å². The van der Waals surface area contributed by atoms with E-state index in [9.17, 15) is 14.1 Å². The minimum absolute atomic E-state index is 0.139. The fraction of sp³-hybridized carbons (Fsp3) is 0.143. The van der Waals surface area contributed by atoms with E-state index in [1.807, 2.05) is 36.4 Å². The number of nitrogens with zero attached hydrogens (tertiary/aromatic N) is 1. The van der Waals surface area contributed by atoms with Crippen LogP contribution in [-0.2, 0) is 35.2 Å². The highest BCUT2D eigenvalue weighted by atomic mass is 32.2. The summed E-state index contributed by atoms with van der Waals surface area (Å²) in [6, 6.07) is 19.6. The van der Waals surface area contributed by atoms with Gasteiger partial charge < -0.3 is 14.2 Å². The summed E-state index contributed by atoms with van der Waals surface area (Å²) in [6.07, 6.45) is -0.139. The molecule has 138 valence electrons. The molecule has 1 heterocycles. The number of carboxylic acids is 1. The fourth-order valence-electron chi connectivity index (χ4n) is 2.87. The van der Waals surface area contributed by atoms with Crippen LogP contribution in [0.4, 0.5) is 0 Å². The summed E-state index contributed by atoms with van der Waals surface area (Å²) in [6.45, 7) is 0. The van der Waals surface area contributed by atoms with Crippen LogP contribution in [0.1, 0.15) is 27.3 Å². The van der Waals surface area contributed by atoms with E-state index in [0.717, 1.165) is 10.5 Å². The smallest absolute Gasteiger partial charge is 0.309 e. The zero-order valence-electron chi connectivity index (χ0n) is 14.8. The molecule has 1 atom stereocenters. The number of carbonyl (C=O) groups is 2. The van der Waals surface area contributed by atoms with Crippen molar-refractivity contribution in [1.82, 2.24) is 4.57 Å². The van der Waals surface area contributed by atoms with Gasteiger partial charge in [0, 0.05) is 23.9 Å². The largest absolute Gasteiger partial charge is 0.611 e. The second kappa shape index (κ2) is 8.24. The molecule has 0 saturated heterocycles. The summed E-state index contributed by atoms with van der Waals surface area (Å²) in [4.78, 5) is 24.5. The third kappa shape index (κ3) is 4.48. The van der Waals surface area contributed by atoms with Crippen LogP contribution < -0.4 is 0 Å². The monoisotopic (exact) mass is 381 g/mol. The second-order valence-corrected chi connectivity index (χ2v) is 7.62. The highest BCUT2D eigenvalue weighted by Crippen LogP contribution is 2.19. The van der Waals surface area contributed by atoms with Crippen molar-refractivity contribution in [2.45, 2.75) is 17.1 Å². The molecule has 0 bridgehead atoms. The number of benzene rings is 2. The molecule has 0 fully saturated rings. The highest BCUT2D eigenvalue weighted by molar-refractivity contribution is 7.90. The molecule has 0 saturated carbocycles. The lowest BCUT2D eigenvalue weighted by Crippen LogP contribution is -2.12. The third-order valence-electron chi connectivity index (χ3n) is 4.28. The van der Waals surface area contributed by atoms with Gasteiger partial charge in [0.05, 0.1) is 12.1 Å². The first-order valence-electron chi connectivity index (χ1n) is 8.39. The molecule has 3 rings (SSSR count). The maximum atomic E-state index is 12.8. The minimum atomic E-state index is -1.19. The molecule has 0 radical (unpaired) electrons. The molecule has 5 nitrogen and oxygen atoms in total. The molecular formula is C21H19NO4S.